The summed E-state index contributed by atoms with van der Waals surface area (Å²) >= 11 is 0. The molecule has 1 aliphatic heterocycles. The lowest BCUT2D eigenvalue weighted by atomic mass is 10.1. The van der Waals surface area contributed by atoms with Gasteiger partial charge in [0.05, 0.1) is 23.8 Å². The average Bonchev–Trinajstić information content (AvgIpc) is 2.84. The van der Waals surface area contributed by atoms with E-state index in [2.05, 4.69) is 0 Å². The molecule has 0 saturated carbocycles. The van der Waals surface area contributed by atoms with Crippen LogP contribution in [0.1, 0.15) is 26.3 Å². The molecule has 0 fully saturated rings. The van der Waals surface area contributed by atoms with Crippen LogP contribution in [0.25, 0.3) is 0 Å². The van der Waals surface area contributed by atoms with Gasteiger partial charge in [0.1, 0.15) is 0 Å². The molecule has 0 spiro atoms. The number of carbonyl (C=O) groups is 2. The van der Waals surface area contributed by atoms with Crippen molar-refractivity contribution >= 4 is 20.5 Å². The predicted octanol–water partition coefficient (Wildman–Crippen LogP) is 3.12. The molecule has 2 aromatic rings. The van der Waals surface area contributed by atoms with Crippen molar-refractivity contribution in [3.05, 3.63) is 71.3 Å². The van der Waals surface area contributed by atoms with Crippen LogP contribution in [0.4, 0.5) is 0 Å². The molecule has 1 heterocycles. The molecule has 1 atom stereocenters. The molecule has 116 valence electrons. The number of hydrogen-bond acceptors (Lipinski definition) is 4. The van der Waals surface area contributed by atoms with Crippen molar-refractivity contribution in [2.45, 2.75) is 12.5 Å². The third-order valence-corrected chi connectivity index (χ3v) is 4.08. The van der Waals surface area contributed by atoms with Crippen LogP contribution in [0.2, 0.25) is 0 Å². The van der Waals surface area contributed by atoms with Crippen LogP contribution in [-0.2, 0) is 15.5 Å². The van der Waals surface area contributed by atoms with Gasteiger partial charge in [0.2, 0.25) is 0 Å². The molecule has 1 aliphatic rings. The van der Waals surface area contributed by atoms with E-state index in [-0.39, 0.29) is 18.4 Å². The zero-order chi connectivity index (χ0) is 16.2. The summed E-state index contributed by atoms with van der Waals surface area (Å²) in [5.41, 5.74) is 1.77. The number of hydrogen-bond donors (Lipinski definition) is 0. The standard InChI is InChI=1S/C17H14NO4P/c19-16-14-8-4-5-9-15(14)17(20)18(16)13(11-22-23-21)10-12-6-2-1-3-7-12/h1-9,13H,10-11H2. The minimum Gasteiger partial charge on any atom is -0.292 e. The van der Waals surface area contributed by atoms with E-state index in [9.17, 15) is 14.2 Å². The van der Waals surface area contributed by atoms with Gasteiger partial charge in [-0.25, -0.2) is 4.57 Å². The summed E-state index contributed by atoms with van der Waals surface area (Å²) in [6.45, 7) is 0.0193. The van der Waals surface area contributed by atoms with E-state index in [1.54, 1.807) is 24.3 Å². The molecule has 5 nitrogen and oxygen atoms in total. The van der Waals surface area contributed by atoms with Gasteiger partial charge < -0.3 is 0 Å². The second-order valence-corrected chi connectivity index (χ2v) is 5.65. The zero-order valence-corrected chi connectivity index (χ0v) is 13.1. The maximum atomic E-state index is 12.6. The molecular formula is C17H14NO4P. The minimum atomic E-state index is -0.508. The largest absolute Gasteiger partial charge is 0.327 e. The van der Waals surface area contributed by atoms with Crippen molar-refractivity contribution in [3.8, 4) is 0 Å². The SMILES string of the molecule is O=POCC(Cc1ccccc1)N1C(=O)c2ccccc2C1=O. The summed E-state index contributed by atoms with van der Waals surface area (Å²) in [7, 11) is -0.471. The molecule has 3 rings (SSSR count). The Labute approximate surface area is 135 Å². The molecule has 0 N–H and O–H groups in total. The Morgan fingerprint density at radius 1 is 0.913 bits per heavy atom. The van der Waals surface area contributed by atoms with E-state index in [0.29, 0.717) is 17.5 Å². The fourth-order valence-corrected chi connectivity index (χ4v) is 3.00. The molecule has 0 aliphatic carbocycles. The number of imide groups is 1. The Balaban J connectivity index is 1.90. The molecule has 0 bridgehead atoms. The van der Waals surface area contributed by atoms with Gasteiger partial charge in [-0.1, -0.05) is 42.5 Å². The van der Waals surface area contributed by atoms with Crippen LogP contribution in [0.5, 0.6) is 0 Å². The molecular weight excluding hydrogens is 313 g/mol. The first-order chi connectivity index (χ1) is 11.2. The monoisotopic (exact) mass is 327 g/mol. The Bertz CT molecular complexity index is 712. The molecule has 2 aromatic carbocycles. The van der Waals surface area contributed by atoms with Crippen molar-refractivity contribution in [1.82, 2.24) is 4.90 Å². The van der Waals surface area contributed by atoms with E-state index in [1.165, 1.54) is 4.90 Å². The van der Waals surface area contributed by atoms with Gasteiger partial charge in [0.15, 0.2) is 0 Å². The molecule has 0 saturated heterocycles. The number of carbonyl (C=O) groups excluding carboxylic acids is 2. The summed E-state index contributed by atoms with van der Waals surface area (Å²) in [4.78, 5) is 26.4. The molecule has 23 heavy (non-hydrogen) atoms. The Hall–Kier alpha value is -2.36. The van der Waals surface area contributed by atoms with Crippen LogP contribution in [-0.4, -0.2) is 29.4 Å². The maximum absolute atomic E-state index is 12.6. The van der Waals surface area contributed by atoms with Gasteiger partial charge in [-0.15, -0.1) is 0 Å². The number of amides is 2. The van der Waals surface area contributed by atoms with Crippen LogP contribution in [0, 0.1) is 0 Å². The van der Waals surface area contributed by atoms with Gasteiger partial charge in [-0.2, -0.15) is 0 Å². The molecule has 2 amide bonds. The van der Waals surface area contributed by atoms with E-state index in [0.717, 1.165) is 5.56 Å². The molecule has 0 radical (unpaired) electrons. The zero-order valence-electron chi connectivity index (χ0n) is 12.2. The lowest BCUT2D eigenvalue weighted by Gasteiger charge is -2.25. The van der Waals surface area contributed by atoms with Gasteiger partial charge in [0.25, 0.3) is 11.8 Å². The summed E-state index contributed by atoms with van der Waals surface area (Å²) in [5.74, 6) is -0.671. The van der Waals surface area contributed by atoms with Gasteiger partial charge in [-0.3, -0.25) is 19.0 Å². The highest BCUT2D eigenvalue weighted by Crippen LogP contribution is 2.26. The fraction of sp³-hybridized carbons (Fsp3) is 0.176. The third-order valence-electron chi connectivity index (χ3n) is 3.82. The second-order valence-electron chi connectivity index (χ2n) is 5.24. The van der Waals surface area contributed by atoms with Crippen LogP contribution in [0.3, 0.4) is 0 Å². The quantitative estimate of drug-likeness (QED) is 0.604. The summed E-state index contributed by atoms with van der Waals surface area (Å²) in [6.07, 6.45) is 0.446. The van der Waals surface area contributed by atoms with Crippen LogP contribution >= 0.6 is 8.69 Å². The summed E-state index contributed by atoms with van der Waals surface area (Å²) in [6, 6.07) is 15.7. The summed E-state index contributed by atoms with van der Waals surface area (Å²) < 4.78 is 15.6. The topological polar surface area (TPSA) is 63.7 Å². The predicted molar refractivity (Wildman–Crippen MR) is 84.4 cm³/mol. The first kappa shape index (κ1) is 15.5. The van der Waals surface area contributed by atoms with Crippen molar-refractivity contribution < 1.29 is 18.7 Å². The Kier molecular flexibility index (Phi) is 4.60. The first-order valence-electron chi connectivity index (χ1n) is 7.18. The first-order valence-corrected chi connectivity index (χ1v) is 7.91. The van der Waals surface area contributed by atoms with Crippen LogP contribution < -0.4 is 0 Å². The van der Waals surface area contributed by atoms with E-state index in [1.807, 2.05) is 30.3 Å². The van der Waals surface area contributed by atoms with Gasteiger partial charge >= 0.3 is 8.69 Å². The normalized spacial score (nSPS) is 15.0. The van der Waals surface area contributed by atoms with Crippen molar-refractivity contribution in [3.63, 3.8) is 0 Å². The van der Waals surface area contributed by atoms with Crippen molar-refractivity contribution in [2.75, 3.05) is 6.61 Å². The van der Waals surface area contributed by atoms with Gasteiger partial charge in [-0.05, 0) is 24.1 Å². The highest BCUT2D eigenvalue weighted by Gasteiger charge is 2.39. The number of benzene rings is 2. The number of fused-ring (bicyclic) bond motifs is 1. The average molecular weight is 327 g/mol. The highest BCUT2D eigenvalue weighted by atomic mass is 31.1. The molecule has 6 heteroatoms. The van der Waals surface area contributed by atoms with E-state index in [4.69, 9.17) is 4.52 Å². The lowest BCUT2D eigenvalue weighted by molar-refractivity contribution is 0.0537. The molecule has 1 unspecified atom stereocenters. The number of rotatable bonds is 6. The Morgan fingerprint density at radius 2 is 1.48 bits per heavy atom. The van der Waals surface area contributed by atoms with Gasteiger partial charge in [0, 0.05) is 0 Å². The van der Waals surface area contributed by atoms with Crippen molar-refractivity contribution in [1.29, 1.82) is 0 Å². The maximum Gasteiger partial charge on any atom is 0.327 e. The Morgan fingerprint density at radius 3 is 2.04 bits per heavy atom. The van der Waals surface area contributed by atoms with E-state index >= 15 is 0 Å². The summed E-state index contributed by atoms with van der Waals surface area (Å²) in [5, 5.41) is 0. The van der Waals surface area contributed by atoms with Crippen molar-refractivity contribution in [2.24, 2.45) is 0 Å². The third kappa shape index (κ3) is 3.07. The molecule has 0 aromatic heterocycles. The fourth-order valence-electron chi connectivity index (χ4n) is 2.77. The smallest absolute Gasteiger partial charge is 0.292 e. The highest BCUT2D eigenvalue weighted by molar-refractivity contribution is 7.17. The minimum absolute atomic E-state index is 0.0193. The van der Waals surface area contributed by atoms with E-state index < -0.39 is 14.7 Å². The second kappa shape index (κ2) is 6.82. The number of nitrogens with zero attached hydrogens (tertiary/aromatic N) is 1. The lowest BCUT2D eigenvalue weighted by Crippen LogP contribution is -2.43. The van der Waals surface area contributed by atoms with Crippen LogP contribution in [0.15, 0.2) is 54.6 Å².